The second kappa shape index (κ2) is 8.18. The summed E-state index contributed by atoms with van der Waals surface area (Å²) in [7, 11) is 0. The van der Waals surface area contributed by atoms with Crippen molar-refractivity contribution in [2.75, 3.05) is 6.54 Å². The van der Waals surface area contributed by atoms with E-state index in [0.29, 0.717) is 11.1 Å². The monoisotopic (exact) mass is 379 g/mol. The molecule has 0 saturated carbocycles. The standard InChI is InChI=1S/C19H17N5O4/c1-11-8-13(4-6-21-11)12-2-3-14-16(9-12)28-17(23-14)10-15(24-19(26)27)18(25)22-7-5-20/h2-4,6,8-9,15,24H,7,10H2,1H3,(H,22,25)(H,26,27)/t15-/m0/s1. The number of pyridine rings is 1. The molecule has 2 amide bonds. The Morgan fingerprint density at radius 3 is 2.79 bits per heavy atom. The first-order valence-electron chi connectivity index (χ1n) is 8.43. The number of aryl methyl sites for hydroxylation is 1. The first-order valence-corrected chi connectivity index (χ1v) is 8.43. The Kier molecular flexibility index (Phi) is 5.50. The molecular weight excluding hydrogens is 362 g/mol. The van der Waals surface area contributed by atoms with Crippen LogP contribution in [0.25, 0.3) is 22.2 Å². The highest BCUT2D eigenvalue weighted by Crippen LogP contribution is 2.25. The third-order valence-electron chi connectivity index (χ3n) is 4.00. The van der Waals surface area contributed by atoms with Crippen molar-refractivity contribution in [1.82, 2.24) is 20.6 Å². The molecule has 1 atom stereocenters. The van der Waals surface area contributed by atoms with Crippen LogP contribution in [0, 0.1) is 18.3 Å². The number of carbonyl (C=O) groups excluding carboxylic acids is 1. The van der Waals surface area contributed by atoms with Crippen LogP contribution >= 0.6 is 0 Å². The average Bonchev–Trinajstić information content (AvgIpc) is 3.06. The topological polar surface area (TPSA) is 141 Å². The number of amides is 2. The fourth-order valence-electron chi connectivity index (χ4n) is 2.75. The van der Waals surface area contributed by atoms with Crippen LogP contribution in [0.5, 0.6) is 0 Å². The first kappa shape index (κ1) is 18.8. The van der Waals surface area contributed by atoms with E-state index in [2.05, 4.69) is 20.6 Å². The maximum absolute atomic E-state index is 12.1. The van der Waals surface area contributed by atoms with E-state index in [-0.39, 0.29) is 18.9 Å². The number of benzene rings is 1. The minimum absolute atomic E-state index is 0.0814. The molecule has 2 aromatic heterocycles. The van der Waals surface area contributed by atoms with Crippen molar-refractivity contribution >= 4 is 23.1 Å². The van der Waals surface area contributed by atoms with Crippen LogP contribution in [-0.2, 0) is 11.2 Å². The number of aromatic nitrogens is 2. The molecule has 0 bridgehead atoms. The van der Waals surface area contributed by atoms with Gasteiger partial charge in [-0.2, -0.15) is 5.26 Å². The van der Waals surface area contributed by atoms with Crippen LogP contribution in [0.2, 0.25) is 0 Å². The van der Waals surface area contributed by atoms with Gasteiger partial charge in [-0.05, 0) is 42.3 Å². The van der Waals surface area contributed by atoms with Gasteiger partial charge >= 0.3 is 6.09 Å². The van der Waals surface area contributed by atoms with Gasteiger partial charge in [0.05, 0.1) is 12.5 Å². The molecule has 0 radical (unpaired) electrons. The molecule has 0 fully saturated rings. The zero-order chi connectivity index (χ0) is 20.1. The van der Waals surface area contributed by atoms with Crippen molar-refractivity contribution < 1.29 is 19.1 Å². The lowest BCUT2D eigenvalue weighted by atomic mass is 10.1. The summed E-state index contributed by atoms with van der Waals surface area (Å²) < 4.78 is 5.72. The zero-order valence-corrected chi connectivity index (χ0v) is 15.0. The van der Waals surface area contributed by atoms with Crippen molar-refractivity contribution in [2.24, 2.45) is 0 Å². The molecule has 0 saturated heterocycles. The molecule has 0 aliphatic rings. The van der Waals surface area contributed by atoms with Gasteiger partial charge in [0.15, 0.2) is 11.5 Å². The number of oxazole rings is 1. The highest BCUT2D eigenvalue weighted by molar-refractivity contribution is 5.86. The smallest absolute Gasteiger partial charge is 0.405 e. The van der Waals surface area contributed by atoms with Crippen molar-refractivity contribution in [1.29, 1.82) is 5.26 Å². The van der Waals surface area contributed by atoms with Gasteiger partial charge in [-0.15, -0.1) is 0 Å². The normalized spacial score (nSPS) is 11.6. The number of nitriles is 1. The Hall–Kier alpha value is -3.93. The fraction of sp³-hybridized carbons (Fsp3) is 0.211. The largest absolute Gasteiger partial charge is 0.465 e. The van der Waals surface area contributed by atoms with E-state index in [1.165, 1.54) is 0 Å². The lowest BCUT2D eigenvalue weighted by Crippen LogP contribution is -2.47. The number of carboxylic acid groups (broad SMARTS) is 1. The van der Waals surface area contributed by atoms with Crippen LogP contribution < -0.4 is 10.6 Å². The maximum Gasteiger partial charge on any atom is 0.405 e. The van der Waals surface area contributed by atoms with Crippen LogP contribution in [0.4, 0.5) is 4.79 Å². The Morgan fingerprint density at radius 2 is 2.07 bits per heavy atom. The van der Waals surface area contributed by atoms with E-state index in [1.807, 2.05) is 31.2 Å². The molecule has 1 aromatic carbocycles. The number of hydrogen-bond acceptors (Lipinski definition) is 6. The number of nitrogens with zero attached hydrogens (tertiary/aromatic N) is 3. The number of nitrogens with one attached hydrogen (secondary N) is 2. The van der Waals surface area contributed by atoms with Gasteiger partial charge in [0, 0.05) is 11.9 Å². The minimum atomic E-state index is -1.36. The van der Waals surface area contributed by atoms with Gasteiger partial charge in [-0.25, -0.2) is 9.78 Å². The van der Waals surface area contributed by atoms with Gasteiger partial charge in [-0.3, -0.25) is 9.78 Å². The molecule has 9 heteroatoms. The molecule has 0 spiro atoms. The number of fused-ring (bicyclic) bond motifs is 1. The van der Waals surface area contributed by atoms with Gasteiger partial charge in [0.25, 0.3) is 0 Å². The molecule has 9 nitrogen and oxygen atoms in total. The molecule has 3 N–H and O–H groups in total. The van der Waals surface area contributed by atoms with Crippen molar-refractivity contribution in [3.05, 3.63) is 48.1 Å². The summed E-state index contributed by atoms with van der Waals surface area (Å²) in [6.07, 6.45) is 0.286. The highest BCUT2D eigenvalue weighted by Gasteiger charge is 2.23. The first-order chi connectivity index (χ1) is 13.5. The molecular formula is C19H17N5O4. The van der Waals surface area contributed by atoms with E-state index in [0.717, 1.165) is 16.8 Å². The van der Waals surface area contributed by atoms with Crippen molar-refractivity contribution in [3.63, 3.8) is 0 Å². The lowest BCUT2D eigenvalue weighted by Gasteiger charge is -2.13. The summed E-state index contributed by atoms with van der Waals surface area (Å²) in [6.45, 7) is 1.68. The van der Waals surface area contributed by atoms with Crippen LogP contribution in [-0.4, -0.2) is 39.7 Å². The number of rotatable bonds is 6. The van der Waals surface area contributed by atoms with Crippen LogP contribution in [0.3, 0.4) is 0 Å². The van der Waals surface area contributed by atoms with E-state index >= 15 is 0 Å². The summed E-state index contributed by atoms with van der Waals surface area (Å²) in [6, 6.07) is 10.0. The number of carbonyl (C=O) groups is 2. The van der Waals surface area contributed by atoms with Gasteiger partial charge < -0.3 is 20.2 Å². The lowest BCUT2D eigenvalue weighted by molar-refractivity contribution is -0.122. The Balaban J connectivity index is 1.85. The molecule has 0 aliphatic carbocycles. The SMILES string of the molecule is Cc1cc(-c2ccc3nc(C[C@H](NC(=O)O)C(=O)NCC#N)oc3c2)ccn1. The van der Waals surface area contributed by atoms with Crippen LogP contribution in [0.1, 0.15) is 11.6 Å². The van der Waals surface area contributed by atoms with E-state index in [9.17, 15) is 9.59 Å². The molecule has 28 heavy (non-hydrogen) atoms. The average molecular weight is 379 g/mol. The van der Waals surface area contributed by atoms with E-state index in [1.54, 1.807) is 18.3 Å². The van der Waals surface area contributed by atoms with Crippen LogP contribution in [0.15, 0.2) is 40.9 Å². The predicted octanol–water partition coefficient (Wildman–Crippen LogP) is 2.02. The maximum atomic E-state index is 12.1. The van der Waals surface area contributed by atoms with E-state index in [4.69, 9.17) is 14.8 Å². The van der Waals surface area contributed by atoms with Gasteiger partial charge in [0.1, 0.15) is 18.1 Å². The molecule has 0 unspecified atom stereocenters. The number of hydrogen-bond donors (Lipinski definition) is 3. The second-order valence-electron chi connectivity index (χ2n) is 6.06. The molecule has 3 aromatic rings. The van der Waals surface area contributed by atoms with Crippen molar-refractivity contribution in [2.45, 2.75) is 19.4 Å². The summed E-state index contributed by atoms with van der Waals surface area (Å²) in [5, 5.41) is 22.0. The summed E-state index contributed by atoms with van der Waals surface area (Å²) in [5.74, 6) is -0.414. The van der Waals surface area contributed by atoms with Gasteiger partial charge in [0.2, 0.25) is 5.91 Å². The Morgan fingerprint density at radius 1 is 1.29 bits per heavy atom. The molecule has 0 aliphatic heterocycles. The highest BCUT2D eigenvalue weighted by atomic mass is 16.4. The molecule has 2 heterocycles. The third kappa shape index (κ3) is 4.42. The quantitative estimate of drug-likeness (QED) is 0.556. The fourth-order valence-corrected chi connectivity index (χ4v) is 2.75. The summed E-state index contributed by atoms with van der Waals surface area (Å²) >= 11 is 0. The zero-order valence-electron chi connectivity index (χ0n) is 15.0. The Bertz CT molecular complexity index is 1070. The third-order valence-corrected chi connectivity index (χ3v) is 4.00. The van der Waals surface area contributed by atoms with Gasteiger partial charge in [-0.1, -0.05) is 6.07 Å². The predicted molar refractivity (Wildman–Crippen MR) is 99.3 cm³/mol. The van der Waals surface area contributed by atoms with E-state index < -0.39 is 18.0 Å². The molecule has 142 valence electrons. The Labute approximate surface area is 160 Å². The summed E-state index contributed by atoms with van der Waals surface area (Å²) in [4.78, 5) is 31.5. The molecule has 3 rings (SSSR count). The van der Waals surface area contributed by atoms with Crippen molar-refractivity contribution in [3.8, 4) is 17.2 Å². The minimum Gasteiger partial charge on any atom is -0.465 e. The second-order valence-corrected chi connectivity index (χ2v) is 6.06. The summed E-state index contributed by atoms with van der Waals surface area (Å²) in [5.41, 5.74) is 3.91.